The monoisotopic (exact) mass is 395 g/mol. The molecule has 0 atom stereocenters. The van der Waals surface area contributed by atoms with Gasteiger partial charge in [0.15, 0.2) is 12.3 Å². The van der Waals surface area contributed by atoms with Crippen LogP contribution in [0.25, 0.3) is 21.9 Å². The van der Waals surface area contributed by atoms with Crippen LogP contribution in [0.1, 0.15) is 5.69 Å². The van der Waals surface area contributed by atoms with Gasteiger partial charge in [0.2, 0.25) is 5.88 Å². The van der Waals surface area contributed by atoms with Gasteiger partial charge in [-0.25, -0.2) is 14.2 Å². The van der Waals surface area contributed by atoms with E-state index >= 15 is 0 Å². The number of ether oxygens (including phenoxy) is 2. The van der Waals surface area contributed by atoms with Gasteiger partial charge < -0.3 is 14.6 Å². The van der Waals surface area contributed by atoms with Crippen molar-refractivity contribution in [1.29, 1.82) is 0 Å². The van der Waals surface area contributed by atoms with Gasteiger partial charge in [-0.1, -0.05) is 12.1 Å². The van der Waals surface area contributed by atoms with E-state index in [1.54, 1.807) is 0 Å². The van der Waals surface area contributed by atoms with Crippen LogP contribution >= 0.6 is 0 Å². The van der Waals surface area contributed by atoms with Crippen molar-refractivity contribution in [2.75, 3.05) is 13.7 Å². The quantitative estimate of drug-likeness (QED) is 0.527. The van der Waals surface area contributed by atoms with Crippen molar-refractivity contribution in [3.05, 3.63) is 54.0 Å². The second-order valence-electron chi connectivity index (χ2n) is 5.74. The number of hydrogen-bond acceptors (Lipinski definition) is 5. The standard InChI is InChI=1S/C19H13F4NO4/c1-27-15(26)9-28-18-14-8-12(25)6-7-13(14)16(17(24-18)19(21,22)23)10-2-4-11(20)5-3-10/h2-8,25H,9H2,1H3. The molecule has 0 saturated heterocycles. The summed E-state index contributed by atoms with van der Waals surface area (Å²) in [7, 11) is 1.10. The summed E-state index contributed by atoms with van der Waals surface area (Å²) in [5, 5.41) is 9.87. The van der Waals surface area contributed by atoms with Gasteiger partial charge in [0.1, 0.15) is 11.6 Å². The number of pyridine rings is 1. The summed E-state index contributed by atoms with van der Waals surface area (Å²) >= 11 is 0. The topological polar surface area (TPSA) is 68.7 Å². The molecule has 0 aliphatic rings. The molecule has 3 rings (SSSR count). The number of aromatic hydroxyl groups is 1. The minimum absolute atomic E-state index is 0.0521. The number of nitrogens with zero attached hydrogens (tertiary/aromatic N) is 1. The zero-order valence-electron chi connectivity index (χ0n) is 14.4. The number of esters is 1. The van der Waals surface area contributed by atoms with Gasteiger partial charge in [0.25, 0.3) is 0 Å². The SMILES string of the molecule is COC(=O)COc1nc(C(F)(F)F)c(-c2ccc(F)cc2)c2ccc(O)cc12. The van der Waals surface area contributed by atoms with Gasteiger partial charge in [-0.2, -0.15) is 13.2 Å². The number of phenolic OH excluding ortho intramolecular Hbond substituents is 1. The van der Waals surface area contributed by atoms with E-state index in [2.05, 4.69) is 9.72 Å². The number of carbonyl (C=O) groups is 1. The molecule has 2 aromatic carbocycles. The summed E-state index contributed by atoms with van der Waals surface area (Å²) in [5.41, 5.74) is -1.48. The lowest BCUT2D eigenvalue weighted by Crippen LogP contribution is -2.16. The Kier molecular flexibility index (Phi) is 5.08. The smallest absolute Gasteiger partial charge is 0.434 e. The van der Waals surface area contributed by atoms with Crippen LogP contribution < -0.4 is 4.74 Å². The molecule has 0 bridgehead atoms. The maximum absolute atomic E-state index is 13.7. The molecule has 1 heterocycles. The maximum atomic E-state index is 13.7. The molecule has 0 radical (unpaired) electrons. The number of aromatic nitrogens is 1. The molecule has 0 aliphatic carbocycles. The lowest BCUT2D eigenvalue weighted by molar-refractivity contribution is -0.143. The number of alkyl halides is 3. The number of methoxy groups -OCH3 is 1. The number of fused-ring (bicyclic) bond motifs is 1. The third-order valence-corrected chi connectivity index (χ3v) is 3.91. The Bertz CT molecular complexity index is 1030. The van der Waals surface area contributed by atoms with E-state index in [1.165, 1.54) is 30.3 Å². The number of rotatable bonds is 4. The van der Waals surface area contributed by atoms with Crippen molar-refractivity contribution < 1.29 is 36.9 Å². The first-order valence-electron chi connectivity index (χ1n) is 7.90. The fourth-order valence-electron chi connectivity index (χ4n) is 2.68. The van der Waals surface area contributed by atoms with Crippen LogP contribution in [-0.2, 0) is 15.7 Å². The molecule has 1 aromatic heterocycles. The minimum atomic E-state index is -4.86. The third-order valence-electron chi connectivity index (χ3n) is 3.91. The van der Waals surface area contributed by atoms with E-state index in [-0.39, 0.29) is 27.6 Å². The van der Waals surface area contributed by atoms with Crippen molar-refractivity contribution in [3.8, 4) is 22.8 Å². The highest BCUT2D eigenvalue weighted by atomic mass is 19.4. The molecule has 0 saturated carbocycles. The van der Waals surface area contributed by atoms with Crippen LogP contribution in [0.3, 0.4) is 0 Å². The highest BCUT2D eigenvalue weighted by molar-refractivity contribution is 6.01. The Hall–Kier alpha value is -3.36. The van der Waals surface area contributed by atoms with Crippen LogP contribution in [0.2, 0.25) is 0 Å². The largest absolute Gasteiger partial charge is 0.508 e. The molecule has 5 nitrogen and oxygen atoms in total. The second-order valence-corrected chi connectivity index (χ2v) is 5.74. The zero-order valence-corrected chi connectivity index (χ0v) is 14.4. The normalized spacial score (nSPS) is 11.5. The number of carbonyl (C=O) groups excluding carboxylic acids is 1. The summed E-state index contributed by atoms with van der Waals surface area (Å²) in [6.45, 7) is -0.665. The number of halogens is 4. The fourth-order valence-corrected chi connectivity index (χ4v) is 2.68. The van der Waals surface area contributed by atoms with Crippen LogP contribution in [0, 0.1) is 5.82 Å². The molecule has 28 heavy (non-hydrogen) atoms. The lowest BCUT2D eigenvalue weighted by atomic mass is 9.96. The fraction of sp³-hybridized carbons (Fsp3) is 0.158. The van der Waals surface area contributed by atoms with Crippen LogP contribution in [0.4, 0.5) is 17.6 Å². The predicted molar refractivity (Wildman–Crippen MR) is 91.3 cm³/mol. The van der Waals surface area contributed by atoms with E-state index in [9.17, 15) is 27.5 Å². The Morgan fingerprint density at radius 1 is 1.11 bits per heavy atom. The maximum Gasteiger partial charge on any atom is 0.434 e. The van der Waals surface area contributed by atoms with E-state index in [0.717, 1.165) is 19.2 Å². The molecular formula is C19H13F4NO4. The van der Waals surface area contributed by atoms with Crippen molar-refractivity contribution in [1.82, 2.24) is 4.98 Å². The number of benzene rings is 2. The van der Waals surface area contributed by atoms with Crippen molar-refractivity contribution in [3.63, 3.8) is 0 Å². The molecular weight excluding hydrogens is 382 g/mol. The molecule has 146 valence electrons. The van der Waals surface area contributed by atoms with E-state index in [1.807, 2.05) is 0 Å². The Balaban J connectivity index is 2.32. The Labute approximate surface area is 156 Å². The molecule has 0 amide bonds. The van der Waals surface area contributed by atoms with Crippen LogP contribution in [0.15, 0.2) is 42.5 Å². The van der Waals surface area contributed by atoms with Gasteiger partial charge in [0, 0.05) is 10.9 Å². The summed E-state index contributed by atoms with van der Waals surface area (Å²) in [6, 6.07) is 8.10. The van der Waals surface area contributed by atoms with Gasteiger partial charge in [0.05, 0.1) is 7.11 Å². The van der Waals surface area contributed by atoms with E-state index < -0.39 is 36.1 Å². The first kappa shape index (κ1) is 19.4. The summed E-state index contributed by atoms with van der Waals surface area (Å²) in [4.78, 5) is 14.9. The van der Waals surface area contributed by atoms with Crippen molar-refractivity contribution in [2.24, 2.45) is 0 Å². The highest BCUT2D eigenvalue weighted by Crippen LogP contribution is 2.43. The average molecular weight is 395 g/mol. The molecule has 0 fully saturated rings. The number of phenols is 1. The summed E-state index contributed by atoms with van der Waals surface area (Å²) in [5.74, 6) is -2.15. The first-order chi connectivity index (χ1) is 13.2. The molecule has 1 N–H and O–H groups in total. The zero-order chi connectivity index (χ0) is 20.5. The molecule has 9 heteroatoms. The van der Waals surface area contributed by atoms with Gasteiger partial charge in [-0.05, 0) is 41.3 Å². The molecule has 3 aromatic rings. The average Bonchev–Trinajstić information content (AvgIpc) is 2.65. The summed E-state index contributed by atoms with van der Waals surface area (Å²) in [6.07, 6.45) is -4.86. The van der Waals surface area contributed by atoms with Crippen molar-refractivity contribution in [2.45, 2.75) is 6.18 Å². The third kappa shape index (κ3) is 3.83. The summed E-state index contributed by atoms with van der Waals surface area (Å²) < 4.78 is 64.0. The van der Waals surface area contributed by atoms with Crippen LogP contribution in [-0.4, -0.2) is 29.8 Å². The van der Waals surface area contributed by atoms with Crippen LogP contribution in [0.5, 0.6) is 11.6 Å². The Morgan fingerprint density at radius 3 is 2.39 bits per heavy atom. The molecule has 0 unspecified atom stereocenters. The number of hydrogen-bond donors (Lipinski definition) is 1. The van der Waals surface area contributed by atoms with E-state index in [4.69, 9.17) is 4.74 Å². The minimum Gasteiger partial charge on any atom is -0.508 e. The van der Waals surface area contributed by atoms with Gasteiger partial charge in [-0.15, -0.1) is 0 Å². The molecule has 0 spiro atoms. The van der Waals surface area contributed by atoms with Crippen molar-refractivity contribution >= 4 is 16.7 Å². The van der Waals surface area contributed by atoms with E-state index in [0.29, 0.717) is 0 Å². The first-order valence-corrected chi connectivity index (χ1v) is 7.90. The Morgan fingerprint density at radius 2 is 1.79 bits per heavy atom. The second kappa shape index (κ2) is 7.34. The van der Waals surface area contributed by atoms with Gasteiger partial charge in [-0.3, -0.25) is 0 Å². The van der Waals surface area contributed by atoms with Gasteiger partial charge >= 0.3 is 12.1 Å². The highest BCUT2D eigenvalue weighted by Gasteiger charge is 2.38. The molecule has 0 aliphatic heterocycles. The predicted octanol–water partition coefficient (Wildman–Crippen LogP) is 4.32. The lowest BCUT2D eigenvalue weighted by Gasteiger charge is -2.18.